The number of phenols is 1. The van der Waals surface area contributed by atoms with Crippen LogP contribution in [0, 0.1) is 11.3 Å². The Morgan fingerprint density at radius 2 is 1.63 bits per heavy atom. The summed E-state index contributed by atoms with van der Waals surface area (Å²) in [6.45, 7) is 0.204. The molecule has 1 aliphatic carbocycles. The fraction of sp³-hybridized carbons (Fsp3) is 0.0417. The number of ether oxygens (including phenoxy) is 1. The SMILES string of the molecule is N#Cc1ccc(N2Cc3cc(O)ccc3OC3=C2C(=O)c2ccccc2C3=O)cc1. The van der Waals surface area contributed by atoms with Crippen LogP contribution in [0.4, 0.5) is 5.69 Å². The highest BCUT2D eigenvalue weighted by atomic mass is 16.5. The van der Waals surface area contributed by atoms with E-state index < -0.39 is 0 Å². The van der Waals surface area contributed by atoms with Crippen LogP contribution in [0.3, 0.4) is 0 Å². The van der Waals surface area contributed by atoms with Crippen molar-refractivity contribution in [3.05, 3.63) is 100 Å². The molecular formula is C24H14N2O4. The molecule has 3 aromatic carbocycles. The van der Waals surface area contributed by atoms with Gasteiger partial charge in [0.05, 0.1) is 18.2 Å². The normalized spacial score (nSPS) is 14.8. The Morgan fingerprint density at radius 1 is 0.933 bits per heavy atom. The number of carbonyl (C=O) groups excluding carboxylic acids is 2. The van der Waals surface area contributed by atoms with E-state index in [0.717, 1.165) is 0 Å². The van der Waals surface area contributed by atoms with Crippen molar-refractivity contribution >= 4 is 17.3 Å². The second-order valence-corrected chi connectivity index (χ2v) is 7.02. The second kappa shape index (κ2) is 6.61. The molecule has 144 valence electrons. The maximum absolute atomic E-state index is 13.4. The van der Waals surface area contributed by atoms with Gasteiger partial charge in [0, 0.05) is 22.4 Å². The fourth-order valence-electron chi connectivity index (χ4n) is 3.76. The molecule has 1 aliphatic heterocycles. The average molecular weight is 394 g/mol. The van der Waals surface area contributed by atoms with Gasteiger partial charge in [-0.3, -0.25) is 9.59 Å². The van der Waals surface area contributed by atoms with Crippen molar-refractivity contribution in [2.75, 3.05) is 4.90 Å². The number of carbonyl (C=O) groups is 2. The summed E-state index contributed by atoms with van der Waals surface area (Å²) >= 11 is 0. The van der Waals surface area contributed by atoms with E-state index in [9.17, 15) is 14.7 Å². The van der Waals surface area contributed by atoms with Crippen LogP contribution in [0.25, 0.3) is 0 Å². The number of hydrogen-bond donors (Lipinski definition) is 1. The zero-order valence-electron chi connectivity index (χ0n) is 15.6. The number of allylic oxidation sites excluding steroid dienone is 2. The minimum absolute atomic E-state index is 0.0486. The van der Waals surface area contributed by atoms with Gasteiger partial charge in [-0.1, -0.05) is 24.3 Å². The van der Waals surface area contributed by atoms with E-state index in [1.807, 2.05) is 0 Å². The largest absolute Gasteiger partial charge is 0.508 e. The number of aromatic hydroxyl groups is 1. The van der Waals surface area contributed by atoms with E-state index in [1.165, 1.54) is 6.07 Å². The number of nitriles is 1. The average Bonchev–Trinajstić information content (AvgIpc) is 2.94. The maximum atomic E-state index is 13.4. The summed E-state index contributed by atoms with van der Waals surface area (Å²) in [6, 6.07) is 20.0. The standard InChI is InChI=1S/C24H14N2O4/c25-12-14-5-7-16(8-6-14)26-13-15-11-17(27)9-10-20(15)30-24-21(26)22(28)18-3-1-2-4-19(18)23(24)29/h1-11,27H,13H2. The van der Waals surface area contributed by atoms with Gasteiger partial charge < -0.3 is 14.7 Å². The molecule has 0 radical (unpaired) electrons. The van der Waals surface area contributed by atoms with Crippen LogP contribution in [-0.2, 0) is 6.54 Å². The first-order valence-electron chi connectivity index (χ1n) is 9.27. The highest BCUT2D eigenvalue weighted by Crippen LogP contribution is 2.39. The molecule has 0 amide bonds. The Bertz CT molecular complexity index is 1300. The first-order valence-corrected chi connectivity index (χ1v) is 9.27. The van der Waals surface area contributed by atoms with Crippen molar-refractivity contribution in [2.45, 2.75) is 6.54 Å². The number of fused-ring (bicyclic) bond motifs is 2. The van der Waals surface area contributed by atoms with Crippen LogP contribution in [0.2, 0.25) is 0 Å². The van der Waals surface area contributed by atoms with Crippen molar-refractivity contribution in [3.8, 4) is 17.6 Å². The Balaban J connectivity index is 1.74. The zero-order valence-corrected chi connectivity index (χ0v) is 15.6. The quantitative estimate of drug-likeness (QED) is 0.672. The zero-order chi connectivity index (χ0) is 20.8. The lowest BCUT2D eigenvalue weighted by atomic mass is 9.90. The van der Waals surface area contributed by atoms with Crippen molar-refractivity contribution in [2.24, 2.45) is 0 Å². The van der Waals surface area contributed by atoms with Crippen LogP contribution in [0.5, 0.6) is 11.5 Å². The van der Waals surface area contributed by atoms with E-state index in [2.05, 4.69) is 6.07 Å². The van der Waals surface area contributed by atoms with Gasteiger partial charge in [-0.05, 0) is 42.5 Å². The Hall–Kier alpha value is -4.37. The Labute approximate surface area is 171 Å². The first-order chi connectivity index (χ1) is 14.6. The van der Waals surface area contributed by atoms with Gasteiger partial charge >= 0.3 is 0 Å². The minimum Gasteiger partial charge on any atom is -0.508 e. The van der Waals surface area contributed by atoms with Crippen molar-refractivity contribution in [1.29, 1.82) is 5.26 Å². The lowest BCUT2D eigenvalue weighted by Crippen LogP contribution is -2.34. The summed E-state index contributed by atoms with van der Waals surface area (Å²) in [5.74, 6) is -0.288. The highest BCUT2D eigenvalue weighted by Gasteiger charge is 2.39. The van der Waals surface area contributed by atoms with Gasteiger partial charge in [0.15, 0.2) is 0 Å². The molecule has 0 aromatic heterocycles. The summed E-state index contributed by atoms with van der Waals surface area (Å²) < 4.78 is 5.96. The van der Waals surface area contributed by atoms with Gasteiger partial charge in [-0.2, -0.15) is 5.26 Å². The predicted molar refractivity (Wildman–Crippen MR) is 108 cm³/mol. The van der Waals surface area contributed by atoms with E-state index in [4.69, 9.17) is 10.00 Å². The van der Waals surface area contributed by atoms with E-state index in [1.54, 1.807) is 65.6 Å². The number of phenolic OH excluding ortho intramolecular Hbond substituents is 1. The van der Waals surface area contributed by atoms with Crippen LogP contribution in [0.1, 0.15) is 31.8 Å². The monoisotopic (exact) mass is 394 g/mol. The van der Waals surface area contributed by atoms with Crippen molar-refractivity contribution in [1.82, 2.24) is 0 Å². The number of anilines is 1. The molecule has 30 heavy (non-hydrogen) atoms. The molecule has 1 N–H and O–H groups in total. The molecule has 0 bridgehead atoms. The van der Waals surface area contributed by atoms with E-state index >= 15 is 0 Å². The molecule has 0 unspecified atom stereocenters. The minimum atomic E-state index is -0.375. The second-order valence-electron chi connectivity index (χ2n) is 7.02. The van der Waals surface area contributed by atoms with Gasteiger partial charge in [-0.15, -0.1) is 0 Å². The molecule has 6 heteroatoms. The van der Waals surface area contributed by atoms with Gasteiger partial charge in [0.25, 0.3) is 0 Å². The van der Waals surface area contributed by atoms with E-state index in [-0.39, 0.29) is 35.3 Å². The number of Topliss-reactive ketones (excluding diaryl/α,β-unsaturated/α-hetero) is 2. The molecule has 1 heterocycles. The van der Waals surface area contributed by atoms with Crippen LogP contribution < -0.4 is 9.64 Å². The number of rotatable bonds is 1. The summed E-state index contributed by atoms with van der Waals surface area (Å²) in [5, 5.41) is 19.1. The Kier molecular flexibility index (Phi) is 3.90. The van der Waals surface area contributed by atoms with Crippen LogP contribution in [0.15, 0.2) is 78.2 Å². The lowest BCUT2D eigenvalue weighted by Gasteiger charge is -2.28. The molecule has 5 rings (SSSR count). The smallest absolute Gasteiger partial charge is 0.231 e. The predicted octanol–water partition coefficient (Wildman–Crippen LogP) is 3.95. The van der Waals surface area contributed by atoms with Gasteiger partial charge in [-0.25, -0.2) is 0 Å². The molecule has 0 atom stereocenters. The number of benzene rings is 3. The third-order valence-electron chi connectivity index (χ3n) is 5.22. The van der Waals surface area contributed by atoms with Crippen molar-refractivity contribution in [3.63, 3.8) is 0 Å². The molecule has 6 nitrogen and oxygen atoms in total. The number of hydrogen-bond acceptors (Lipinski definition) is 6. The highest BCUT2D eigenvalue weighted by molar-refractivity contribution is 6.27. The van der Waals surface area contributed by atoms with Crippen molar-refractivity contribution < 1.29 is 19.4 Å². The molecule has 0 spiro atoms. The molecule has 0 saturated heterocycles. The lowest BCUT2D eigenvalue weighted by molar-refractivity contribution is 0.0936. The topological polar surface area (TPSA) is 90.6 Å². The van der Waals surface area contributed by atoms with Gasteiger partial charge in [0.1, 0.15) is 17.2 Å². The van der Waals surface area contributed by atoms with Crippen LogP contribution in [-0.4, -0.2) is 16.7 Å². The number of ketones is 2. The van der Waals surface area contributed by atoms with Gasteiger partial charge in [0.2, 0.25) is 17.3 Å². The Morgan fingerprint density at radius 3 is 2.33 bits per heavy atom. The summed E-state index contributed by atoms with van der Waals surface area (Å²) in [4.78, 5) is 28.4. The molecule has 2 aliphatic rings. The summed E-state index contributed by atoms with van der Waals surface area (Å²) in [6.07, 6.45) is 0. The fourth-order valence-corrected chi connectivity index (χ4v) is 3.76. The number of nitrogens with zero attached hydrogens (tertiary/aromatic N) is 2. The molecular weight excluding hydrogens is 380 g/mol. The first kappa shape index (κ1) is 17.7. The third kappa shape index (κ3) is 2.65. The summed E-state index contributed by atoms with van der Waals surface area (Å²) in [7, 11) is 0. The molecule has 0 fully saturated rings. The summed E-state index contributed by atoms with van der Waals surface area (Å²) in [5.41, 5.74) is 2.48. The third-order valence-corrected chi connectivity index (χ3v) is 5.22. The van der Waals surface area contributed by atoms with Crippen LogP contribution >= 0.6 is 0 Å². The maximum Gasteiger partial charge on any atom is 0.231 e. The molecule has 0 saturated carbocycles. The molecule has 3 aromatic rings. The van der Waals surface area contributed by atoms with E-state index in [0.29, 0.717) is 33.7 Å².